The Hall–Kier alpha value is -2.03. The van der Waals surface area contributed by atoms with Crippen LogP contribution in [0.3, 0.4) is 0 Å². The quantitative estimate of drug-likeness (QED) is 0.701. The topological polar surface area (TPSA) is 75.3 Å². The van der Waals surface area contributed by atoms with Gasteiger partial charge < -0.3 is 0 Å². The fourth-order valence-electron chi connectivity index (χ4n) is 3.25. The predicted molar refractivity (Wildman–Crippen MR) is 103 cm³/mol. The molecule has 2 aromatic rings. The lowest BCUT2D eigenvalue weighted by Crippen LogP contribution is -2.46. The Morgan fingerprint density at radius 2 is 1.75 bits per heavy atom. The number of sulfonamides is 1. The van der Waals surface area contributed by atoms with E-state index in [0.29, 0.717) is 12.8 Å². The minimum atomic E-state index is -3.78. The Labute approximate surface area is 167 Å². The van der Waals surface area contributed by atoms with Crippen LogP contribution in [0, 0.1) is 11.6 Å². The van der Waals surface area contributed by atoms with Gasteiger partial charge in [0, 0.05) is 5.56 Å². The first-order valence-electron chi connectivity index (χ1n) is 8.84. The largest absolute Gasteiger partial charge is 0.274 e. The summed E-state index contributed by atoms with van der Waals surface area (Å²) < 4.78 is 53.0. The Bertz CT molecular complexity index is 993. The highest BCUT2D eigenvalue weighted by Crippen LogP contribution is 2.29. The molecule has 2 N–H and O–H groups in total. The highest BCUT2D eigenvalue weighted by atomic mass is 35.5. The first kappa shape index (κ1) is 20.7. The normalized spacial score (nSPS) is 15.4. The van der Waals surface area contributed by atoms with Crippen LogP contribution in [0.25, 0.3) is 11.1 Å². The van der Waals surface area contributed by atoms with Crippen LogP contribution < -0.4 is 10.3 Å². The van der Waals surface area contributed by atoms with E-state index >= 15 is 0 Å². The zero-order chi connectivity index (χ0) is 20.3. The molecule has 0 aromatic heterocycles. The minimum Gasteiger partial charge on any atom is -0.274 e. The van der Waals surface area contributed by atoms with Crippen molar-refractivity contribution in [3.05, 3.63) is 58.6 Å². The van der Waals surface area contributed by atoms with E-state index in [2.05, 4.69) is 0 Å². The zero-order valence-electron chi connectivity index (χ0n) is 14.8. The molecule has 1 amide bonds. The maximum Gasteiger partial charge on any atom is 0.269 e. The lowest BCUT2D eigenvalue weighted by atomic mass is 10.0. The van der Waals surface area contributed by atoms with E-state index in [1.54, 1.807) is 6.07 Å². The average Bonchev–Trinajstić information content (AvgIpc) is 2.69. The molecule has 1 fully saturated rings. The van der Waals surface area contributed by atoms with Gasteiger partial charge in [-0.15, -0.1) is 4.83 Å². The van der Waals surface area contributed by atoms with Crippen molar-refractivity contribution in [3.8, 4) is 11.1 Å². The first-order valence-corrected chi connectivity index (χ1v) is 10.8. The number of hydrazine groups is 1. The maximum atomic E-state index is 14.4. The molecular weight excluding hydrogens is 410 g/mol. The van der Waals surface area contributed by atoms with Crippen molar-refractivity contribution < 1.29 is 22.0 Å². The van der Waals surface area contributed by atoms with Crippen LogP contribution in [0.2, 0.25) is 5.02 Å². The van der Waals surface area contributed by atoms with Gasteiger partial charge in [0.25, 0.3) is 5.91 Å². The van der Waals surface area contributed by atoms with E-state index in [1.165, 1.54) is 24.3 Å². The lowest BCUT2D eigenvalue weighted by Gasteiger charge is -2.22. The third kappa shape index (κ3) is 4.51. The zero-order valence-corrected chi connectivity index (χ0v) is 16.4. The summed E-state index contributed by atoms with van der Waals surface area (Å²) in [4.78, 5) is 14.4. The number of carbonyl (C=O) groups excluding carboxylic acids is 1. The van der Waals surface area contributed by atoms with Crippen LogP contribution in [-0.4, -0.2) is 19.6 Å². The fraction of sp³-hybridized carbons (Fsp3) is 0.316. The Morgan fingerprint density at radius 1 is 1.07 bits per heavy atom. The number of halogens is 3. The fourth-order valence-corrected chi connectivity index (χ4v) is 4.82. The monoisotopic (exact) mass is 428 g/mol. The molecule has 150 valence electrons. The Morgan fingerprint density at radius 3 is 2.43 bits per heavy atom. The molecule has 9 heteroatoms. The van der Waals surface area contributed by atoms with Gasteiger partial charge >= 0.3 is 0 Å². The maximum absolute atomic E-state index is 14.4. The van der Waals surface area contributed by atoms with E-state index in [9.17, 15) is 22.0 Å². The molecule has 0 bridgehead atoms. The van der Waals surface area contributed by atoms with E-state index in [1.807, 2.05) is 10.3 Å². The number of hydrogen-bond donors (Lipinski definition) is 2. The van der Waals surface area contributed by atoms with Crippen molar-refractivity contribution >= 4 is 27.5 Å². The van der Waals surface area contributed by atoms with Crippen LogP contribution in [0.1, 0.15) is 42.5 Å². The number of nitrogens with one attached hydrogen (secondary N) is 2. The minimum absolute atomic E-state index is 0.140. The smallest absolute Gasteiger partial charge is 0.269 e. The van der Waals surface area contributed by atoms with Gasteiger partial charge in [-0.25, -0.2) is 17.2 Å². The van der Waals surface area contributed by atoms with Gasteiger partial charge in [0.1, 0.15) is 5.82 Å². The van der Waals surface area contributed by atoms with Crippen LogP contribution in [-0.2, 0) is 10.0 Å². The average molecular weight is 429 g/mol. The van der Waals surface area contributed by atoms with Gasteiger partial charge in [-0.1, -0.05) is 49.1 Å². The summed E-state index contributed by atoms with van der Waals surface area (Å²) in [6, 6.07) is 8.12. The van der Waals surface area contributed by atoms with Crippen LogP contribution in [0.5, 0.6) is 0 Å². The summed E-state index contributed by atoms with van der Waals surface area (Å²) in [5, 5.41) is -0.972. The lowest BCUT2D eigenvalue weighted by molar-refractivity contribution is 0.0941. The van der Waals surface area contributed by atoms with Crippen molar-refractivity contribution in [1.82, 2.24) is 10.3 Å². The second-order valence-electron chi connectivity index (χ2n) is 6.66. The van der Waals surface area contributed by atoms with Gasteiger partial charge in [0.15, 0.2) is 5.82 Å². The predicted octanol–water partition coefficient (Wildman–Crippen LogP) is 4.18. The molecule has 1 aliphatic rings. The molecule has 0 atom stereocenters. The van der Waals surface area contributed by atoms with E-state index < -0.39 is 38.4 Å². The van der Waals surface area contributed by atoms with Crippen LogP contribution in [0.4, 0.5) is 8.78 Å². The summed E-state index contributed by atoms with van der Waals surface area (Å²) in [7, 11) is -3.78. The summed E-state index contributed by atoms with van der Waals surface area (Å²) in [6.45, 7) is 0. The number of rotatable bonds is 5. The SMILES string of the molecule is O=C(NNS(=O)(=O)C1CCCCC1)c1cc(-c2ccccc2F)cc(Cl)c1F. The van der Waals surface area contributed by atoms with E-state index in [0.717, 1.165) is 25.3 Å². The van der Waals surface area contributed by atoms with Crippen molar-refractivity contribution in [3.63, 3.8) is 0 Å². The van der Waals surface area contributed by atoms with Crippen molar-refractivity contribution in [2.45, 2.75) is 37.4 Å². The third-order valence-electron chi connectivity index (χ3n) is 4.76. The van der Waals surface area contributed by atoms with Gasteiger partial charge in [-0.2, -0.15) is 0 Å². The molecule has 3 rings (SSSR count). The molecule has 0 heterocycles. The second-order valence-corrected chi connectivity index (χ2v) is 9.03. The number of hydrogen-bond acceptors (Lipinski definition) is 3. The van der Waals surface area contributed by atoms with Gasteiger partial charge in [0.05, 0.1) is 15.8 Å². The molecule has 28 heavy (non-hydrogen) atoms. The van der Waals surface area contributed by atoms with Gasteiger partial charge in [-0.05, 0) is 36.6 Å². The number of benzene rings is 2. The highest BCUT2D eigenvalue weighted by molar-refractivity contribution is 7.90. The van der Waals surface area contributed by atoms with Crippen molar-refractivity contribution in [2.24, 2.45) is 0 Å². The summed E-state index contributed by atoms with van der Waals surface area (Å²) in [6.07, 6.45) is 3.59. The first-order chi connectivity index (χ1) is 13.3. The molecule has 0 unspecified atom stereocenters. The van der Waals surface area contributed by atoms with Gasteiger partial charge in [0.2, 0.25) is 10.0 Å². The molecule has 5 nitrogen and oxygen atoms in total. The Kier molecular flexibility index (Phi) is 6.32. The number of carbonyl (C=O) groups is 1. The molecule has 1 aliphatic carbocycles. The van der Waals surface area contributed by atoms with E-state index in [4.69, 9.17) is 11.6 Å². The molecule has 0 radical (unpaired) electrons. The molecule has 2 aromatic carbocycles. The van der Waals surface area contributed by atoms with Crippen LogP contribution in [0.15, 0.2) is 36.4 Å². The van der Waals surface area contributed by atoms with Crippen LogP contribution >= 0.6 is 11.6 Å². The third-order valence-corrected chi connectivity index (χ3v) is 6.77. The highest BCUT2D eigenvalue weighted by Gasteiger charge is 2.28. The van der Waals surface area contributed by atoms with Crippen molar-refractivity contribution in [2.75, 3.05) is 0 Å². The standard InChI is InChI=1S/C19H19ClF2N2O3S/c20-16-11-12(14-8-4-5-9-17(14)21)10-15(18(16)22)19(25)23-24-28(26,27)13-6-2-1-3-7-13/h4-5,8-11,13,24H,1-3,6-7H2,(H,23,25). The van der Waals surface area contributed by atoms with E-state index in [-0.39, 0.29) is 16.1 Å². The molecule has 0 aliphatic heterocycles. The molecule has 1 saturated carbocycles. The molecule has 0 spiro atoms. The summed E-state index contributed by atoms with van der Waals surface area (Å²) in [5.41, 5.74) is 1.88. The molecular formula is C19H19ClF2N2O3S. The molecule has 0 saturated heterocycles. The summed E-state index contributed by atoms with van der Waals surface area (Å²) in [5.74, 6) is -2.59. The number of amides is 1. The Balaban J connectivity index is 1.82. The van der Waals surface area contributed by atoms with Gasteiger partial charge in [-0.3, -0.25) is 10.2 Å². The second kappa shape index (κ2) is 8.55. The summed E-state index contributed by atoms with van der Waals surface area (Å²) >= 11 is 5.86. The van der Waals surface area contributed by atoms with Crippen molar-refractivity contribution in [1.29, 1.82) is 0 Å².